The molecule has 0 aliphatic carbocycles. The summed E-state index contributed by atoms with van der Waals surface area (Å²) in [5.74, 6) is 0.182. The fraction of sp³-hybridized carbons (Fsp3) is 0.706. The number of H-pyrrole nitrogens is 1. The molecule has 0 saturated heterocycles. The average Bonchev–Trinajstić information content (AvgIpc) is 2.92. The lowest BCUT2D eigenvalue weighted by molar-refractivity contribution is -0.124. The summed E-state index contributed by atoms with van der Waals surface area (Å²) in [6.07, 6.45) is 3.34. The molecule has 8 nitrogen and oxygen atoms in total. The van der Waals surface area contributed by atoms with Crippen molar-refractivity contribution < 1.29 is 14.3 Å². The van der Waals surface area contributed by atoms with Crippen LogP contribution >= 0.6 is 0 Å². The summed E-state index contributed by atoms with van der Waals surface area (Å²) in [7, 11) is 0. The number of nitrogen functional groups attached to an aromatic ring is 1. The molecule has 1 rings (SSSR count). The van der Waals surface area contributed by atoms with E-state index in [1.54, 1.807) is 27.0 Å². The van der Waals surface area contributed by atoms with Gasteiger partial charge in [-0.3, -0.25) is 4.79 Å². The van der Waals surface area contributed by atoms with Crippen LogP contribution in [0, 0.1) is 5.92 Å². The molecule has 25 heavy (non-hydrogen) atoms. The number of imidazole rings is 1. The topological polar surface area (TPSA) is 122 Å². The zero-order valence-electron chi connectivity index (χ0n) is 15.8. The third-order valence-electron chi connectivity index (χ3n) is 3.74. The number of aromatic nitrogens is 2. The summed E-state index contributed by atoms with van der Waals surface area (Å²) in [5.41, 5.74) is 5.84. The van der Waals surface area contributed by atoms with Crippen molar-refractivity contribution in [3.05, 3.63) is 11.9 Å². The third kappa shape index (κ3) is 7.91. The lowest BCUT2D eigenvalue weighted by atomic mass is 9.98. The molecule has 2 amide bonds. The number of ether oxygens (including phenoxy) is 1. The van der Waals surface area contributed by atoms with Gasteiger partial charge in [-0.25, -0.2) is 9.78 Å². The van der Waals surface area contributed by atoms with Crippen molar-refractivity contribution in [2.24, 2.45) is 5.92 Å². The molecule has 2 atom stereocenters. The summed E-state index contributed by atoms with van der Waals surface area (Å²) in [6.45, 7) is 9.76. The molecular weight excluding hydrogens is 322 g/mol. The van der Waals surface area contributed by atoms with E-state index >= 15 is 0 Å². The van der Waals surface area contributed by atoms with Gasteiger partial charge in [0.1, 0.15) is 11.6 Å². The molecule has 1 aromatic heterocycles. The van der Waals surface area contributed by atoms with E-state index in [1.165, 1.54) is 0 Å². The molecule has 1 heterocycles. The summed E-state index contributed by atoms with van der Waals surface area (Å²) < 4.78 is 5.25. The lowest BCUT2D eigenvalue weighted by Crippen LogP contribution is -2.51. The molecule has 0 radical (unpaired) electrons. The molecule has 142 valence electrons. The first-order valence-electron chi connectivity index (χ1n) is 8.69. The monoisotopic (exact) mass is 353 g/mol. The van der Waals surface area contributed by atoms with Gasteiger partial charge >= 0.3 is 6.09 Å². The van der Waals surface area contributed by atoms with E-state index in [2.05, 4.69) is 20.6 Å². The van der Waals surface area contributed by atoms with Gasteiger partial charge in [0.25, 0.3) is 0 Å². The number of rotatable bonds is 8. The average molecular weight is 353 g/mol. The minimum atomic E-state index is -0.623. The number of nitrogens with zero attached hydrogens (tertiary/aromatic N) is 1. The zero-order chi connectivity index (χ0) is 19.0. The van der Waals surface area contributed by atoms with Gasteiger partial charge in [0, 0.05) is 12.2 Å². The van der Waals surface area contributed by atoms with Gasteiger partial charge in [0.2, 0.25) is 5.91 Å². The summed E-state index contributed by atoms with van der Waals surface area (Å²) in [6, 6.07) is -0.623. The van der Waals surface area contributed by atoms with Crippen molar-refractivity contribution in [1.29, 1.82) is 0 Å². The van der Waals surface area contributed by atoms with E-state index in [-0.39, 0.29) is 11.8 Å². The van der Waals surface area contributed by atoms with Gasteiger partial charge in [0.05, 0.1) is 6.20 Å². The molecule has 0 saturated carbocycles. The molecule has 0 unspecified atom stereocenters. The van der Waals surface area contributed by atoms with Crippen LogP contribution in [0.2, 0.25) is 0 Å². The Hall–Kier alpha value is -2.25. The summed E-state index contributed by atoms with van der Waals surface area (Å²) >= 11 is 0. The highest BCUT2D eigenvalue weighted by molar-refractivity contribution is 5.85. The SMILES string of the molecule is CC[C@H](C)[C@H](NC(=O)OC(C)(C)C)C(=O)NCCCc1cnc(N)[nH]1. The van der Waals surface area contributed by atoms with E-state index < -0.39 is 17.7 Å². The van der Waals surface area contributed by atoms with Crippen molar-refractivity contribution in [2.75, 3.05) is 12.3 Å². The second-order valence-electron chi connectivity index (χ2n) is 7.20. The smallest absolute Gasteiger partial charge is 0.408 e. The number of carbonyl (C=O) groups excluding carboxylic acids is 2. The first-order valence-corrected chi connectivity index (χ1v) is 8.69. The van der Waals surface area contributed by atoms with E-state index in [0.29, 0.717) is 12.5 Å². The first-order chi connectivity index (χ1) is 11.6. The molecular formula is C17H31N5O3. The van der Waals surface area contributed by atoms with Gasteiger partial charge in [-0.05, 0) is 39.5 Å². The van der Waals surface area contributed by atoms with Crippen LogP contribution in [0.15, 0.2) is 6.20 Å². The van der Waals surface area contributed by atoms with Gasteiger partial charge in [0.15, 0.2) is 5.95 Å². The van der Waals surface area contributed by atoms with Crippen molar-refractivity contribution in [2.45, 2.75) is 65.5 Å². The number of hydrogen-bond donors (Lipinski definition) is 4. The van der Waals surface area contributed by atoms with Crippen LogP contribution < -0.4 is 16.4 Å². The number of aromatic amines is 1. The standard InChI is InChI=1S/C17H31N5O3/c1-6-11(2)13(22-16(24)25-17(3,4)5)14(23)19-9-7-8-12-10-20-15(18)21-12/h10-11,13H,6-9H2,1-5H3,(H,19,23)(H,22,24)(H3,18,20,21)/t11-,13-/m0/s1. The number of nitrogens with one attached hydrogen (secondary N) is 3. The highest BCUT2D eigenvalue weighted by atomic mass is 16.6. The molecule has 0 aromatic carbocycles. The van der Waals surface area contributed by atoms with Gasteiger partial charge < -0.3 is 26.1 Å². The maximum atomic E-state index is 12.4. The van der Waals surface area contributed by atoms with Crippen LogP contribution in [0.1, 0.15) is 53.2 Å². The van der Waals surface area contributed by atoms with Crippen LogP contribution in [-0.4, -0.2) is 40.2 Å². The summed E-state index contributed by atoms with van der Waals surface area (Å²) in [4.78, 5) is 31.3. The number of anilines is 1. The second-order valence-corrected chi connectivity index (χ2v) is 7.20. The predicted molar refractivity (Wildman–Crippen MR) is 96.9 cm³/mol. The number of nitrogens with two attached hydrogens (primary N) is 1. The van der Waals surface area contributed by atoms with Crippen LogP contribution in [0.5, 0.6) is 0 Å². The molecule has 0 spiro atoms. The molecule has 0 aliphatic rings. The van der Waals surface area contributed by atoms with Crippen LogP contribution in [0.4, 0.5) is 10.7 Å². The van der Waals surface area contributed by atoms with E-state index in [9.17, 15) is 9.59 Å². The fourth-order valence-electron chi connectivity index (χ4n) is 2.24. The van der Waals surface area contributed by atoms with Crippen LogP contribution in [-0.2, 0) is 16.0 Å². The Morgan fingerprint density at radius 2 is 2.08 bits per heavy atom. The second kappa shape index (κ2) is 9.29. The first kappa shape index (κ1) is 20.8. The molecule has 0 fully saturated rings. The Bertz CT molecular complexity index is 565. The molecule has 0 bridgehead atoms. The normalized spacial score (nSPS) is 13.8. The summed E-state index contributed by atoms with van der Waals surface area (Å²) in [5, 5.41) is 5.55. The van der Waals surface area contributed by atoms with Gasteiger partial charge in [-0.2, -0.15) is 0 Å². The van der Waals surface area contributed by atoms with E-state index in [1.807, 2.05) is 13.8 Å². The Morgan fingerprint density at radius 3 is 2.60 bits per heavy atom. The van der Waals surface area contributed by atoms with E-state index in [0.717, 1.165) is 25.0 Å². The van der Waals surface area contributed by atoms with Crippen molar-refractivity contribution in [1.82, 2.24) is 20.6 Å². The maximum absolute atomic E-state index is 12.4. The number of alkyl carbamates (subject to hydrolysis) is 1. The molecule has 5 N–H and O–H groups in total. The number of amides is 2. The van der Waals surface area contributed by atoms with Gasteiger partial charge in [-0.1, -0.05) is 20.3 Å². The number of hydrogen-bond acceptors (Lipinski definition) is 5. The highest BCUT2D eigenvalue weighted by Gasteiger charge is 2.27. The third-order valence-corrected chi connectivity index (χ3v) is 3.74. The van der Waals surface area contributed by atoms with E-state index in [4.69, 9.17) is 10.5 Å². The zero-order valence-corrected chi connectivity index (χ0v) is 15.8. The molecule has 8 heteroatoms. The maximum Gasteiger partial charge on any atom is 0.408 e. The Balaban J connectivity index is 2.48. The van der Waals surface area contributed by atoms with Crippen LogP contribution in [0.3, 0.4) is 0 Å². The Labute approximate surface area is 149 Å². The minimum Gasteiger partial charge on any atom is -0.444 e. The number of aryl methyl sites for hydroxylation is 1. The highest BCUT2D eigenvalue weighted by Crippen LogP contribution is 2.11. The quantitative estimate of drug-likeness (QED) is 0.532. The van der Waals surface area contributed by atoms with Crippen molar-refractivity contribution in [3.63, 3.8) is 0 Å². The van der Waals surface area contributed by atoms with Gasteiger partial charge in [-0.15, -0.1) is 0 Å². The van der Waals surface area contributed by atoms with Crippen molar-refractivity contribution >= 4 is 17.9 Å². The fourth-order valence-corrected chi connectivity index (χ4v) is 2.24. The van der Waals surface area contributed by atoms with Crippen LogP contribution in [0.25, 0.3) is 0 Å². The molecule has 1 aromatic rings. The Kier molecular flexibility index (Phi) is 7.73. The lowest BCUT2D eigenvalue weighted by Gasteiger charge is -2.26. The number of carbonyl (C=O) groups is 2. The molecule has 0 aliphatic heterocycles. The minimum absolute atomic E-state index is 0.0000706. The largest absolute Gasteiger partial charge is 0.444 e. The Morgan fingerprint density at radius 1 is 1.40 bits per heavy atom. The van der Waals surface area contributed by atoms with Crippen molar-refractivity contribution in [3.8, 4) is 0 Å². The predicted octanol–water partition coefficient (Wildman–Crippen LogP) is 1.98.